The monoisotopic (exact) mass is 505 g/mol. The summed E-state index contributed by atoms with van der Waals surface area (Å²) in [7, 11) is -1.33. The second-order valence-electron chi connectivity index (χ2n) is 5.79. The fraction of sp³-hybridized carbons (Fsp3) is 0.533. The lowest BCUT2D eigenvalue weighted by atomic mass is 10.1. The van der Waals surface area contributed by atoms with E-state index in [9.17, 15) is 17.9 Å². The summed E-state index contributed by atoms with van der Waals surface area (Å²) in [6.07, 6.45) is -0.291. The van der Waals surface area contributed by atoms with Gasteiger partial charge in [0.15, 0.2) is 15.8 Å². The fourth-order valence-corrected chi connectivity index (χ4v) is 4.50. The second kappa shape index (κ2) is 9.89. The molecule has 0 saturated carbocycles. The lowest BCUT2D eigenvalue weighted by Crippen LogP contribution is -2.41. The average molecular weight is 506 g/mol. The molecule has 1 aliphatic heterocycles. The summed E-state index contributed by atoms with van der Waals surface area (Å²) in [6.45, 7) is 0.619. The largest absolute Gasteiger partial charge is 0.387 e. The summed E-state index contributed by atoms with van der Waals surface area (Å²) in [6, 6.07) is 4.13. The Morgan fingerprint density at radius 1 is 1.48 bits per heavy atom. The van der Waals surface area contributed by atoms with E-state index in [2.05, 4.69) is 15.6 Å². The topological polar surface area (TPSA) is 90.8 Å². The third-order valence-corrected chi connectivity index (χ3v) is 6.04. The van der Waals surface area contributed by atoms with Gasteiger partial charge in [0.2, 0.25) is 0 Å². The van der Waals surface area contributed by atoms with Crippen LogP contribution >= 0.6 is 35.6 Å². The van der Waals surface area contributed by atoms with Gasteiger partial charge in [-0.05, 0) is 30.0 Å². The fourth-order valence-electron chi connectivity index (χ4n) is 2.53. The Labute approximate surface area is 169 Å². The van der Waals surface area contributed by atoms with Crippen molar-refractivity contribution in [2.75, 3.05) is 31.6 Å². The molecule has 3 N–H and O–H groups in total. The number of aliphatic hydroxyl groups is 1. The standard InChI is InChI=1S/C15H21ClFN3O3S.HI/c1-18-15(19-7-10-4-5-24(22,23)9-10)20-8-14(21)11-2-3-12(16)13(17)6-11;/h2-3,6,10,14,21H,4-5,7-9H2,1H3,(H2,18,19,20);1H. The predicted octanol–water partition coefficient (Wildman–Crippen LogP) is 1.73. The summed E-state index contributed by atoms with van der Waals surface area (Å²) in [5, 5.41) is 16.1. The zero-order chi connectivity index (χ0) is 17.7. The number of aliphatic hydroxyl groups excluding tert-OH is 1. The molecule has 6 nitrogen and oxygen atoms in total. The van der Waals surface area contributed by atoms with E-state index in [4.69, 9.17) is 11.6 Å². The molecule has 0 aromatic heterocycles. The molecule has 1 aliphatic rings. The number of nitrogens with zero attached hydrogens (tertiary/aromatic N) is 1. The van der Waals surface area contributed by atoms with Crippen LogP contribution in [0.5, 0.6) is 0 Å². The molecule has 1 aromatic carbocycles. The van der Waals surface area contributed by atoms with E-state index in [1.54, 1.807) is 13.1 Å². The lowest BCUT2D eigenvalue weighted by Gasteiger charge is -2.17. The van der Waals surface area contributed by atoms with Crippen LogP contribution in [0.3, 0.4) is 0 Å². The molecule has 2 rings (SSSR count). The van der Waals surface area contributed by atoms with Gasteiger partial charge in [-0.3, -0.25) is 4.99 Å². The molecule has 1 heterocycles. The summed E-state index contributed by atoms with van der Waals surface area (Å²) >= 11 is 5.61. The van der Waals surface area contributed by atoms with Crippen LogP contribution in [-0.4, -0.2) is 51.1 Å². The average Bonchev–Trinajstić information content (AvgIpc) is 2.89. The van der Waals surface area contributed by atoms with Crippen LogP contribution < -0.4 is 10.6 Å². The molecule has 1 fully saturated rings. The van der Waals surface area contributed by atoms with Gasteiger partial charge >= 0.3 is 0 Å². The van der Waals surface area contributed by atoms with Gasteiger partial charge < -0.3 is 15.7 Å². The minimum atomic E-state index is -2.91. The summed E-state index contributed by atoms with van der Waals surface area (Å²) in [5.41, 5.74) is 0.404. The second-order valence-corrected chi connectivity index (χ2v) is 8.43. The molecule has 142 valence electrons. The quantitative estimate of drug-likeness (QED) is 0.322. The van der Waals surface area contributed by atoms with Crippen molar-refractivity contribution in [1.82, 2.24) is 10.6 Å². The molecular weight excluding hydrogens is 484 g/mol. The van der Waals surface area contributed by atoms with Crippen molar-refractivity contribution >= 4 is 51.4 Å². The van der Waals surface area contributed by atoms with Crippen molar-refractivity contribution in [3.8, 4) is 0 Å². The van der Waals surface area contributed by atoms with Crippen molar-refractivity contribution in [1.29, 1.82) is 0 Å². The predicted molar refractivity (Wildman–Crippen MR) is 108 cm³/mol. The third-order valence-electron chi connectivity index (χ3n) is 3.90. The molecule has 1 aromatic rings. The highest BCUT2D eigenvalue weighted by molar-refractivity contribution is 14.0. The van der Waals surface area contributed by atoms with Crippen LogP contribution in [0.25, 0.3) is 0 Å². The zero-order valence-electron chi connectivity index (χ0n) is 13.7. The maximum Gasteiger partial charge on any atom is 0.191 e. The van der Waals surface area contributed by atoms with Crippen LogP contribution in [0.2, 0.25) is 5.02 Å². The molecule has 25 heavy (non-hydrogen) atoms. The van der Waals surface area contributed by atoms with Gasteiger partial charge in [0.25, 0.3) is 0 Å². The highest BCUT2D eigenvalue weighted by Gasteiger charge is 2.27. The van der Waals surface area contributed by atoms with Crippen LogP contribution in [0, 0.1) is 11.7 Å². The van der Waals surface area contributed by atoms with Crippen LogP contribution in [0.15, 0.2) is 23.2 Å². The number of hydrogen-bond acceptors (Lipinski definition) is 4. The van der Waals surface area contributed by atoms with Crippen LogP contribution in [0.1, 0.15) is 18.1 Å². The molecular formula is C15H22ClFIN3O3S. The Kier molecular flexibility index (Phi) is 8.85. The Morgan fingerprint density at radius 2 is 2.20 bits per heavy atom. The first-order valence-corrected chi connectivity index (χ1v) is 9.78. The first-order chi connectivity index (χ1) is 11.3. The highest BCUT2D eigenvalue weighted by Crippen LogP contribution is 2.20. The number of benzene rings is 1. The number of sulfone groups is 1. The number of rotatable bonds is 5. The van der Waals surface area contributed by atoms with E-state index in [0.29, 0.717) is 24.5 Å². The number of aliphatic imine (C=N–C) groups is 1. The summed E-state index contributed by atoms with van der Waals surface area (Å²) < 4.78 is 36.3. The van der Waals surface area contributed by atoms with E-state index in [-0.39, 0.29) is 53.0 Å². The van der Waals surface area contributed by atoms with E-state index in [0.717, 1.165) is 0 Å². The molecule has 0 aliphatic carbocycles. The first kappa shape index (κ1) is 22.4. The number of nitrogens with one attached hydrogen (secondary N) is 2. The normalized spacial score (nSPS) is 20.6. The van der Waals surface area contributed by atoms with Crippen molar-refractivity contribution in [3.63, 3.8) is 0 Å². The highest BCUT2D eigenvalue weighted by atomic mass is 127. The van der Waals surface area contributed by atoms with E-state index in [1.165, 1.54) is 12.1 Å². The molecule has 1 saturated heterocycles. The molecule has 0 radical (unpaired) electrons. The molecule has 2 unspecified atom stereocenters. The van der Waals surface area contributed by atoms with E-state index >= 15 is 0 Å². The third kappa shape index (κ3) is 6.87. The molecule has 0 bridgehead atoms. The van der Waals surface area contributed by atoms with Gasteiger partial charge in [-0.25, -0.2) is 12.8 Å². The molecule has 10 heteroatoms. The maximum absolute atomic E-state index is 13.4. The first-order valence-electron chi connectivity index (χ1n) is 7.58. The molecule has 0 spiro atoms. The van der Waals surface area contributed by atoms with E-state index in [1.807, 2.05) is 0 Å². The Bertz CT molecular complexity index is 718. The van der Waals surface area contributed by atoms with Crippen molar-refractivity contribution in [2.45, 2.75) is 12.5 Å². The van der Waals surface area contributed by atoms with Gasteiger partial charge in [-0.1, -0.05) is 17.7 Å². The van der Waals surface area contributed by atoms with Gasteiger partial charge in [0.05, 0.1) is 22.6 Å². The maximum atomic E-state index is 13.4. The summed E-state index contributed by atoms with van der Waals surface area (Å²) in [5.74, 6) is 0.338. The zero-order valence-corrected chi connectivity index (χ0v) is 17.6. The minimum absolute atomic E-state index is 0. The summed E-state index contributed by atoms with van der Waals surface area (Å²) in [4.78, 5) is 4.02. The van der Waals surface area contributed by atoms with Gasteiger partial charge in [-0.2, -0.15) is 0 Å². The molecule has 0 amide bonds. The van der Waals surface area contributed by atoms with Crippen molar-refractivity contribution in [3.05, 3.63) is 34.6 Å². The number of guanidine groups is 1. The van der Waals surface area contributed by atoms with Crippen molar-refractivity contribution < 1.29 is 17.9 Å². The SMILES string of the molecule is CN=C(NCC1CCS(=O)(=O)C1)NCC(O)c1ccc(Cl)c(F)c1.I. The van der Waals surface area contributed by atoms with Gasteiger partial charge in [0.1, 0.15) is 5.82 Å². The minimum Gasteiger partial charge on any atom is -0.387 e. The van der Waals surface area contributed by atoms with E-state index < -0.39 is 21.8 Å². The lowest BCUT2D eigenvalue weighted by molar-refractivity contribution is 0.180. The van der Waals surface area contributed by atoms with Crippen molar-refractivity contribution in [2.24, 2.45) is 10.9 Å². The molecule has 2 atom stereocenters. The number of halogens is 3. The Hall–Kier alpha value is -0.650. The van der Waals surface area contributed by atoms with Gasteiger partial charge in [0, 0.05) is 20.1 Å². The van der Waals surface area contributed by atoms with Gasteiger partial charge in [-0.15, -0.1) is 24.0 Å². The van der Waals surface area contributed by atoms with Crippen LogP contribution in [0.4, 0.5) is 4.39 Å². The Balaban J connectivity index is 0.00000312. The Morgan fingerprint density at radius 3 is 2.76 bits per heavy atom. The van der Waals surface area contributed by atoms with Crippen LogP contribution in [-0.2, 0) is 9.84 Å². The smallest absolute Gasteiger partial charge is 0.191 e. The number of hydrogen-bond donors (Lipinski definition) is 3.